The number of fused-ring (bicyclic) bond motifs is 1. The van der Waals surface area contributed by atoms with Crippen LogP contribution in [0.25, 0.3) is 0 Å². The van der Waals surface area contributed by atoms with E-state index in [0.717, 1.165) is 37.5 Å². The summed E-state index contributed by atoms with van der Waals surface area (Å²) in [5, 5.41) is 0. The van der Waals surface area contributed by atoms with E-state index in [1.54, 1.807) is 7.11 Å². The van der Waals surface area contributed by atoms with Crippen LogP contribution >= 0.6 is 0 Å². The summed E-state index contributed by atoms with van der Waals surface area (Å²) in [6, 6.07) is 40.3. The first-order chi connectivity index (χ1) is 20.7. The van der Waals surface area contributed by atoms with Gasteiger partial charge >= 0.3 is 6.09 Å². The molecule has 0 spiro atoms. The Morgan fingerprint density at radius 2 is 1.38 bits per heavy atom. The molecule has 2 aliphatic rings. The first-order valence-corrected chi connectivity index (χ1v) is 14.8. The van der Waals surface area contributed by atoms with Gasteiger partial charge in [0.1, 0.15) is 12.4 Å². The van der Waals surface area contributed by atoms with Crippen LogP contribution in [0.4, 0.5) is 4.79 Å². The largest absolute Gasteiger partial charge is 0.496 e. The van der Waals surface area contributed by atoms with Crippen molar-refractivity contribution in [1.82, 2.24) is 14.7 Å². The fourth-order valence-corrected chi connectivity index (χ4v) is 6.64. The summed E-state index contributed by atoms with van der Waals surface area (Å²) < 4.78 is 11.5. The van der Waals surface area contributed by atoms with Gasteiger partial charge in [-0.05, 0) is 22.8 Å². The lowest BCUT2D eigenvalue weighted by Crippen LogP contribution is -2.67. The van der Waals surface area contributed by atoms with E-state index in [2.05, 4.69) is 82.6 Å². The predicted molar refractivity (Wildman–Crippen MR) is 165 cm³/mol. The van der Waals surface area contributed by atoms with E-state index >= 15 is 0 Å². The monoisotopic (exact) mass is 561 g/mol. The summed E-state index contributed by atoms with van der Waals surface area (Å²) >= 11 is 0. The van der Waals surface area contributed by atoms with Gasteiger partial charge in [0.15, 0.2) is 0 Å². The van der Waals surface area contributed by atoms with Crippen molar-refractivity contribution in [2.45, 2.75) is 31.2 Å². The quantitative estimate of drug-likeness (QED) is 0.263. The summed E-state index contributed by atoms with van der Waals surface area (Å²) in [7, 11) is 1.74. The SMILES string of the molecule is COc1ccccc1CN1C[C@@H]2CN(C(=O)OCc3ccccc3)CCN2[C@H](C(c2ccccc2)c2ccccc2)C1. The minimum atomic E-state index is -0.237. The number of carbonyl (C=O) groups excluding carboxylic acids is 1. The van der Waals surface area contributed by atoms with Crippen molar-refractivity contribution in [1.29, 1.82) is 0 Å². The lowest BCUT2D eigenvalue weighted by molar-refractivity contribution is -0.0334. The highest BCUT2D eigenvalue weighted by atomic mass is 16.6. The van der Waals surface area contributed by atoms with E-state index in [-0.39, 0.29) is 30.7 Å². The van der Waals surface area contributed by atoms with E-state index in [9.17, 15) is 4.79 Å². The fourth-order valence-electron chi connectivity index (χ4n) is 6.64. The van der Waals surface area contributed by atoms with Gasteiger partial charge in [0.2, 0.25) is 0 Å². The van der Waals surface area contributed by atoms with Gasteiger partial charge in [-0.1, -0.05) is 109 Å². The van der Waals surface area contributed by atoms with Crippen molar-refractivity contribution < 1.29 is 14.3 Å². The Kier molecular flexibility index (Phi) is 8.83. The number of benzene rings is 4. The van der Waals surface area contributed by atoms with Gasteiger partial charge in [0, 0.05) is 62.8 Å². The molecule has 6 nitrogen and oxygen atoms in total. The molecular weight excluding hydrogens is 522 g/mol. The van der Waals surface area contributed by atoms with Crippen LogP contribution in [0.5, 0.6) is 5.75 Å². The lowest BCUT2D eigenvalue weighted by atomic mass is 9.81. The maximum atomic E-state index is 13.2. The summed E-state index contributed by atoms with van der Waals surface area (Å²) in [4.78, 5) is 20.3. The highest BCUT2D eigenvalue weighted by Crippen LogP contribution is 2.36. The lowest BCUT2D eigenvalue weighted by Gasteiger charge is -2.53. The first-order valence-electron chi connectivity index (χ1n) is 14.8. The van der Waals surface area contributed by atoms with Gasteiger partial charge in [0.05, 0.1) is 7.11 Å². The van der Waals surface area contributed by atoms with E-state index in [1.165, 1.54) is 16.7 Å². The number of piperazine rings is 2. The van der Waals surface area contributed by atoms with Crippen molar-refractivity contribution in [3.05, 3.63) is 138 Å². The van der Waals surface area contributed by atoms with Gasteiger partial charge in [-0.25, -0.2) is 4.79 Å². The zero-order valence-corrected chi connectivity index (χ0v) is 24.2. The molecule has 2 saturated heterocycles. The fraction of sp³-hybridized carbons (Fsp3) is 0.306. The summed E-state index contributed by atoms with van der Waals surface area (Å²) in [6.07, 6.45) is -0.237. The molecular formula is C36H39N3O3. The zero-order valence-electron chi connectivity index (χ0n) is 24.2. The van der Waals surface area contributed by atoms with Crippen LogP contribution in [-0.2, 0) is 17.9 Å². The van der Waals surface area contributed by atoms with Crippen molar-refractivity contribution in [3.63, 3.8) is 0 Å². The molecule has 0 N–H and O–H groups in total. The maximum absolute atomic E-state index is 13.2. The molecule has 4 aromatic carbocycles. The van der Waals surface area contributed by atoms with Crippen molar-refractivity contribution in [2.75, 3.05) is 39.8 Å². The maximum Gasteiger partial charge on any atom is 0.410 e. The van der Waals surface area contributed by atoms with Crippen LogP contribution in [0.15, 0.2) is 115 Å². The Bertz CT molecular complexity index is 1390. The summed E-state index contributed by atoms with van der Waals surface area (Å²) in [5.74, 6) is 1.11. The molecule has 0 aromatic heterocycles. The molecule has 2 fully saturated rings. The van der Waals surface area contributed by atoms with Gasteiger partial charge in [-0.15, -0.1) is 0 Å². The molecule has 0 unspecified atom stereocenters. The average molecular weight is 562 g/mol. The minimum Gasteiger partial charge on any atom is -0.496 e. The Morgan fingerprint density at radius 3 is 2.05 bits per heavy atom. The number of nitrogens with zero attached hydrogens (tertiary/aromatic N) is 3. The number of para-hydroxylation sites is 1. The Morgan fingerprint density at radius 1 is 0.762 bits per heavy atom. The molecule has 0 saturated carbocycles. The van der Waals surface area contributed by atoms with Crippen molar-refractivity contribution >= 4 is 6.09 Å². The third kappa shape index (κ3) is 6.35. The Hall–Kier alpha value is -4.13. The second-order valence-corrected chi connectivity index (χ2v) is 11.3. The van der Waals surface area contributed by atoms with E-state index < -0.39 is 0 Å². The predicted octanol–water partition coefficient (Wildman–Crippen LogP) is 6.03. The van der Waals surface area contributed by atoms with Gasteiger partial charge < -0.3 is 14.4 Å². The molecule has 0 aliphatic carbocycles. The normalized spacial score (nSPS) is 19.3. The molecule has 216 valence electrons. The third-order valence-electron chi connectivity index (χ3n) is 8.62. The van der Waals surface area contributed by atoms with Crippen LogP contribution < -0.4 is 4.74 Å². The highest BCUT2D eigenvalue weighted by molar-refractivity contribution is 5.68. The second kappa shape index (κ2) is 13.2. The first kappa shape index (κ1) is 28.0. The molecule has 0 bridgehead atoms. The highest BCUT2D eigenvalue weighted by Gasteiger charge is 2.43. The van der Waals surface area contributed by atoms with Gasteiger partial charge in [-0.3, -0.25) is 9.80 Å². The molecule has 0 radical (unpaired) electrons. The topological polar surface area (TPSA) is 45.3 Å². The molecule has 2 atom stereocenters. The van der Waals surface area contributed by atoms with Gasteiger partial charge in [0.25, 0.3) is 0 Å². The standard InChI is InChI=1S/C36H39N3O3/c1-41-34-20-12-11-19-31(34)23-37-24-32-25-38(36(40)42-27-28-13-5-2-6-14-28)21-22-39(32)33(26-37)35(29-15-7-3-8-16-29)30-17-9-4-10-18-30/h2-20,32-33,35H,21-27H2,1H3/t32-,33+/m1/s1. The van der Waals surface area contributed by atoms with Crippen LogP contribution in [0.3, 0.4) is 0 Å². The molecule has 6 heteroatoms. The van der Waals surface area contributed by atoms with Crippen molar-refractivity contribution in [2.24, 2.45) is 0 Å². The Balaban J connectivity index is 1.28. The van der Waals surface area contributed by atoms with Gasteiger partial charge in [-0.2, -0.15) is 0 Å². The molecule has 6 rings (SSSR count). The van der Waals surface area contributed by atoms with Crippen molar-refractivity contribution in [3.8, 4) is 5.75 Å². The average Bonchev–Trinajstić information content (AvgIpc) is 3.05. The van der Waals surface area contributed by atoms with Crippen LogP contribution in [0.2, 0.25) is 0 Å². The zero-order chi connectivity index (χ0) is 28.7. The van der Waals surface area contributed by atoms with Crippen LogP contribution in [0, 0.1) is 0 Å². The third-order valence-corrected chi connectivity index (χ3v) is 8.62. The van der Waals surface area contributed by atoms with Crippen LogP contribution in [0.1, 0.15) is 28.2 Å². The molecule has 1 amide bonds. The number of carbonyl (C=O) groups is 1. The van der Waals surface area contributed by atoms with E-state index in [4.69, 9.17) is 9.47 Å². The van der Waals surface area contributed by atoms with Crippen LogP contribution in [-0.4, -0.2) is 72.7 Å². The Labute approximate surface area is 249 Å². The second-order valence-electron chi connectivity index (χ2n) is 11.3. The number of hydrogen-bond donors (Lipinski definition) is 0. The molecule has 42 heavy (non-hydrogen) atoms. The number of rotatable bonds is 8. The summed E-state index contributed by atoms with van der Waals surface area (Å²) in [6.45, 7) is 4.98. The molecule has 2 heterocycles. The number of ether oxygens (including phenoxy) is 2. The van der Waals surface area contributed by atoms with E-state index in [0.29, 0.717) is 13.1 Å². The molecule has 2 aliphatic heterocycles. The molecule has 4 aromatic rings. The number of amides is 1. The van der Waals surface area contributed by atoms with E-state index in [1.807, 2.05) is 47.4 Å². The summed E-state index contributed by atoms with van der Waals surface area (Å²) in [5.41, 5.74) is 4.81. The number of hydrogen-bond acceptors (Lipinski definition) is 5. The smallest absolute Gasteiger partial charge is 0.410 e. The minimum absolute atomic E-state index is 0.186. The number of methoxy groups -OCH3 is 1.